The summed E-state index contributed by atoms with van der Waals surface area (Å²) in [6.07, 6.45) is 1.32. The van der Waals surface area contributed by atoms with Crippen molar-refractivity contribution in [1.82, 2.24) is 4.90 Å². The molecule has 0 unspecified atom stereocenters. The summed E-state index contributed by atoms with van der Waals surface area (Å²) in [6, 6.07) is 6.72. The van der Waals surface area contributed by atoms with E-state index in [-0.39, 0.29) is 25.0 Å². The highest BCUT2D eigenvalue weighted by Gasteiger charge is 2.28. The zero-order valence-corrected chi connectivity index (χ0v) is 9.80. The largest absolute Gasteiger partial charge is 0.492 e. The van der Waals surface area contributed by atoms with Crippen molar-refractivity contribution >= 4 is 18.1 Å². The molecule has 94 valence electrons. The van der Waals surface area contributed by atoms with Gasteiger partial charge in [-0.2, -0.15) is 0 Å². The lowest BCUT2D eigenvalue weighted by Crippen LogP contribution is -2.33. The van der Waals surface area contributed by atoms with E-state index in [1.165, 1.54) is 4.90 Å². The summed E-state index contributed by atoms with van der Waals surface area (Å²) in [6.45, 7) is 0.489. The number of carbonyl (C=O) groups is 3. The highest BCUT2D eigenvalue weighted by atomic mass is 16.5. The van der Waals surface area contributed by atoms with E-state index in [9.17, 15) is 14.4 Å². The molecule has 1 aromatic carbocycles. The molecule has 1 fully saturated rings. The molecule has 1 saturated heterocycles. The fraction of sp³-hybridized carbons (Fsp3) is 0.308. The summed E-state index contributed by atoms with van der Waals surface area (Å²) in [5, 5.41) is 0. The van der Waals surface area contributed by atoms with E-state index < -0.39 is 0 Å². The third kappa shape index (κ3) is 2.74. The van der Waals surface area contributed by atoms with Crippen LogP contribution in [0.15, 0.2) is 24.3 Å². The van der Waals surface area contributed by atoms with E-state index in [2.05, 4.69) is 0 Å². The summed E-state index contributed by atoms with van der Waals surface area (Å²) in [7, 11) is 0. The third-order valence-electron chi connectivity index (χ3n) is 2.73. The Hall–Kier alpha value is -2.17. The molecule has 0 radical (unpaired) electrons. The van der Waals surface area contributed by atoms with Gasteiger partial charge < -0.3 is 4.74 Å². The lowest BCUT2D eigenvalue weighted by Gasteiger charge is -2.14. The third-order valence-corrected chi connectivity index (χ3v) is 2.73. The lowest BCUT2D eigenvalue weighted by atomic mass is 10.2. The molecule has 1 heterocycles. The molecule has 0 spiro atoms. The summed E-state index contributed by atoms with van der Waals surface area (Å²) < 4.78 is 5.40. The van der Waals surface area contributed by atoms with Gasteiger partial charge in [0.1, 0.15) is 18.6 Å². The second-order valence-electron chi connectivity index (χ2n) is 3.98. The van der Waals surface area contributed by atoms with Crippen molar-refractivity contribution in [2.75, 3.05) is 13.2 Å². The molecular weight excluding hydrogens is 234 g/mol. The molecule has 0 bridgehead atoms. The number of hydrogen-bond acceptors (Lipinski definition) is 4. The van der Waals surface area contributed by atoms with Crippen LogP contribution in [0.1, 0.15) is 23.2 Å². The number of benzene rings is 1. The van der Waals surface area contributed by atoms with Crippen LogP contribution < -0.4 is 4.74 Å². The van der Waals surface area contributed by atoms with E-state index in [1.807, 2.05) is 0 Å². The van der Waals surface area contributed by atoms with Crippen LogP contribution in [-0.2, 0) is 9.59 Å². The van der Waals surface area contributed by atoms with Crippen molar-refractivity contribution in [2.45, 2.75) is 12.8 Å². The maximum Gasteiger partial charge on any atom is 0.229 e. The summed E-state index contributed by atoms with van der Waals surface area (Å²) in [4.78, 5) is 34.4. The van der Waals surface area contributed by atoms with Gasteiger partial charge in [0.15, 0.2) is 0 Å². The predicted molar refractivity (Wildman–Crippen MR) is 63.3 cm³/mol. The predicted octanol–water partition coefficient (Wildman–Crippen LogP) is 1.03. The molecule has 1 aliphatic heterocycles. The van der Waals surface area contributed by atoms with Crippen LogP contribution in [0, 0.1) is 0 Å². The quantitative estimate of drug-likeness (QED) is 0.575. The minimum absolute atomic E-state index is 0.148. The number of hydrogen-bond donors (Lipinski definition) is 0. The van der Waals surface area contributed by atoms with Crippen LogP contribution in [0.4, 0.5) is 0 Å². The molecule has 0 aromatic heterocycles. The van der Waals surface area contributed by atoms with Gasteiger partial charge in [0.25, 0.3) is 0 Å². The Morgan fingerprint density at radius 2 is 1.94 bits per heavy atom. The average Bonchev–Trinajstić information content (AvgIpc) is 2.70. The zero-order valence-electron chi connectivity index (χ0n) is 9.80. The van der Waals surface area contributed by atoms with Gasteiger partial charge in [0, 0.05) is 18.4 Å². The molecule has 0 atom stereocenters. The summed E-state index contributed by atoms with van der Waals surface area (Å²) >= 11 is 0. The fourth-order valence-electron chi connectivity index (χ4n) is 1.80. The Bertz CT molecular complexity index is 468. The maximum atomic E-state index is 11.3. The monoisotopic (exact) mass is 247 g/mol. The first kappa shape index (κ1) is 12.3. The van der Waals surface area contributed by atoms with Gasteiger partial charge in [0.05, 0.1) is 6.54 Å². The normalized spacial score (nSPS) is 15.0. The van der Waals surface area contributed by atoms with Crippen molar-refractivity contribution in [2.24, 2.45) is 0 Å². The first-order chi connectivity index (χ1) is 8.70. The van der Waals surface area contributed by atoms with Crippen molar-refractivity contribution in [1.29, 1.82) is 0 Å². The Morgan fingerprint density at radius 3 is 2.61 bits per heavy atom. The van der Waals surface area contributed by atoms with Crippen LogP contribution in [0.3, 0.4) is 0 Å². The van der Waals surface area contributed by atoms with Crippen LogP contribution in [0.25, 0.3) is 0 Å². The maximum absolute atomic E-state index is 11.3. The van der Waals surface area contributed by atoms with Gasteiger partial charge in [-0.15, -0.1) is 0 Å². The zero-order chi connectivity index (χ0) is 13.0. The minimum atomic E-state index is -0.148. The standard InChI is InChI=1S/C13H13NO4/c15-9-10-2-1-3-11(8-10)18-7-6-14-12(16)4-5-13(14)17/h1-3,8-9H,4-7H2. The second-order valence-corrected chi connectivity index (χ2v) is 3.98. The highest BCUT2D eigenvalue weighted by molar-refractivity contribution is 6.01. The van der Waals surface area contributed by atoms with Crippen LogP contribution in [-0.4, -0.2) is 36.2 Å². The van der Waals surface area contributed by atoms with Crippen LogP contribution in [0.2, 0.25) is 0 Å². The van der Waals surface area contributed by atoms with Crippen molar-refractivity contribution in [3.05, 3.63) is 29.8 Å². The molecule has 0 saturated carbocycles. The van der Waals surface area contributed by atoms with Crippen molar-refractivity contribution in [3.63, 3.8) is 0 Å². The highest BCUT2D eigenvalue weighted by Crippen LogP contribution is 2.14. The van der Waals surface area contributed by atoms with E-state index in [0.717, 1.165) is 6.29 Å². The van der Waals surface area contributed by atoms with Crippen LogP contribution >= 0.6 is 0 Å². The molecule has 0 N–H and O–H groups in total. The lowest BCUT2D eigenvalue weighted by molar-refractivity contribution is -0.138. The van der Waals surface area contributed by atoms with Crippen LogP contribution in [0.5, 0.6) is 5.75 Å². The number of rotatable bonds is 5. The molecule has 2 amide bonds. The summed E-state index contributed by atoms with van der Waals surface area (Å²) in [5.74, 6) is 0.258. The molecule has 2 rings (SSSR count). The number of amides is 2. The Balaban J connectivity index is 1.86. The van der Waals surface area contributed by atoms with Crippen molar-refractivity contribution < 1.29 is 19.1 Å². The second kappa shape index (κ2) is 5.44. The molecule has 0 aliphatic carbocycles. The Labute approximate surface area is 104 Å². The first-order valence-electron chi connectivity index (χ1n) is 5.72. The SMILES string of the molecule is O=Cc1cccc(OCCN2C(=O)CCC2=O)c1. The molecule has 18 heavy (non-hydrogen) atoms. The molecule has 5 nitrogen and oxygen atoms in total. The fourth-order valence-corrected chi connectivity index (χ4v) is 1.80. The molecule has 1 aliphatic rings. The van der Waals surface area contributed by atoms with E-state index in [1.54, 1.807) is 24.3 Å². The number of nitrogens with zero attached hydrogens (tertiary/aromatic N) is 1. The number of ether oxygens (including phenoxy) is 1. The van der Waals surface area contributed by atoms with Gasteiger partial charge in [-0.25, -0.2) is 0 Å². The van der Waals surface area contributed by atoms with E-state index in [4.69, 9.17) is 4.74 Å². The Morgan fingerprint density at radius 1 is 1.22 bits per heavy atom. The molecule has 5 heteroatoms. The van der Waals surface area contributed by atoms with E-state index in [0.29, 0.717) is 24.2 Å². The summed E-state index contributed by atoms with van der Waals surface area (Å²) in [5.41, 5.74) is 0.529. The molecule has 1 aromatic rings. The number of imide groups is 1. The van der Waals surface area contributed by atoms with Crippen molar-refractivity contribution in [3.8, 4) is 5.75 Å². The number of likely N-dealkylation sites (tertiary alicyclic amines) is 1. The first-order valence-corrected chi connectivity index (χ1v) is 5.72. The van der Waals surface area contributed by atoms with Gasteiger partial charge in [-0.3, -0.25) is 19.3 Å². The van der Waals surface area contributed by atoms with Gasteiger partial charge >= 0.3 is 0 Å². The minimum Gasteiger partial charge on any atom is -0.492 e. The van der Waals surface area contributed by atoms with E-state index >= 15 is 0 Å². The number of carbonyl (C=O) groups excluding carboxylic acids is 3. The number of aldehydes is 1. The Kier molecular flexibility index (Phi) is 3.72. The topological polar surface area (TPSA) is 63.7 Å². The van der Waals surface area contributed by atoms with Gasteiger partial charge in [-0.05, 0) is 12.1 Å². The smallest absolute Gasteiger partial charge is 0.229 e. The van der Waals surface area contributed by atoms with Gasteiger partial charge in [-0.1, -0.05) is 12.1 Å². The molecular formula is C13H13NO4. The average molecular weight is 247 g/mol. The van der Waals surface area contributed by atoms with Gasteiger partial charge in [0.2, 0.25) is 11.8 Å².